The second-order valence-electron chi connectivity index (χ2n) is 4.65. The maximum Gasteiger partial charge on any atom is 0.161 e. The number of hydrogen-bond donors (Lipinski definition) is 1. The molecule has 1 aromatic heterocycles. The fourth-order valence-electron chi connectivity index (χ4n) is 2.14. The second kappa shape index (κ2) is 5.69. The average Bonchev–Trinajstić information content (AvgIpc) is 2.95. The highest BCUT2D eigenvalue weighted by atomic mass is 16.7. The fraction of sp³-hybridized carbons (Fsp3) is 0.750. The van der Waals surface area contributed by atoms with Crippen molar-refractivity contribution in [1.82, 2.24) is 9.78 Å². The van der Waals surface area contributed by atoms with Gasteiger partial charge in [-0.1, -0.05) is 0 Å². The van der Waals surface area contributed by atoms with E-state index in [1.807, 2.05) is 4.68 Å². The Bertz CT molecular complexity index is 386. The van der Waals surface area contributed by atoms with Crippen molar-refractivity contribution in [2.24, 2.45) is 5.73 Å². The van der Waals surface area contributed by atoms with Gasteiger partial charge in [-0.3, -0.25) is 4.68 Å². The molecular formula is C12H21N3O3. The Kier molecular flexibility index (Phi) is 4.21. The third-order valence-electron chi connectivity index (χ3n) is 3.00. The smallest absolute Gasteiger partial charge is 0.161 e. The molecule has 0 radical (unpaired) electrons. The quantitative estimate of drug-likeness (QED) is 0.857. The molecule has 102 valence electrons. The summed E-state index contributed by atoms with van der Waals surface area (Å²) in [5.41, 5.74) is 7.13. The lowest BCUT2D eigenvalue weighted by Gasteiger charge is -2.20. The van der Waals surface area contributed by atoms with Gasteiger partial charge in [0.05, 0.1) is 38.3 Å². The van der Waals surface area contributed by atoms with Gasteiger partial charge in [-0.15, -0.1) is 0 Å². The van der Waals surface area contributed by atoms with Gasteiger partial charge in [-0.25, -0.2) is 0 Å². The normalized spacial score (nSPS) is 18.5. The molecule has 0 spiro atoms. The molecule has 6 heteroatoms. The minimum atomic E-state index is -0.222. The van der Waals surface area contributed by atoms with Crippen molar-refractivity contribution < 1.29 is 14.2 Å². The molecule has 2 heterocycles. The van der Waals surface area contributed by atoms with Crippen molar-refractivity contribution in [2.75, 3.05) is 20.3 Å². The number of ether oxygens (including phenoxy) is 3. The lowest BCUT2D eigenvalue weighted by molar-refractivity contribution is -0.0513. The molecule has 1 fully saturated rings. The summed E-state index contributed by atoms with van der Waals surface area (Å²) in [5, 5.41) is 4.31. The Morgan fingerprint density at radius 2 is 2.17 bits per heavy atom. The van der Waals surface area contributed by atoms with Crippen molar-refractivity contribution in [1.29, 1.82) is 0 Å². The summed E-state index contributed by atoms with van der Waals surface area (Å²) >= 11 is 0. The van der Waals surface area contributed by atoms with Crippen molar-refractivity contribution in [3.8, 4) is 5.75 Å². The Balaban J connectivity index is 2.16. The van der Waals surface area contributed by atoms with Crippen molar-refractivity contribution >= 4 is 0 Å². The molecule has 2 N–H and O–H groups in total. The van der Waals surface area contributed by atoms with Gasteiger partial charge in [0.2, 0.25) is 0 Å². The van der Waals surface area contributed by atoms with E-state index < -0.39 is 0 Å². The lowest BCUT2D eigenvalue weighted by Crippen LogP contribution is -2.23. The van der Waals surface area contributed by atoms with Crippen LogP contribution in [0.15, 0.2) is 6.20 Å². The molecule has 6 nitrogen and oxygen atoms in total. The van der Waals surface area contributed by atoms with E-state index in [0.717, 1.165) is 5.69 Å². The Morgan fingerprint density at radius 3 is 2.72 bits per heavy atom. The van der Waals surface area contributed by atoms with E-state index in [-0.39, 0.29) is 18.4 Å². The first-order valence-corrected chi connectivity index (χ1v) is 6.23. The third-order valence-corrected chi connectivity index (χ3v) is 3.00. The standard InChI is InChI=1S/C12H21N3O3/c1-8(2)15-12(10(16-3)7-14-15)9(13)6-11-17-4-5-18-11/h7-9,11H,4-6,13H2,1-3H3. The molecule has 18 heavy (non-hydrogen) atoms. The summed E-state index contributed by atoms with van der Waals surface area (Å²) in [6.45, 7) is 5.40. The van der Waals surface area contributed by atoms with Crippen molar-refractivity contribution in [3.05, 3.63) is 11.9 Å². The van der Waals surface area contributed by atoms with Gasteiger partial charge in [0, 0.05) is 12.5 Å². The first-order chi connectivity index (χ1) is 8.63. The molecule has 0 aromatic carbocycles. The van der Waals surface area contributed by atoms with E-state index in [4.69, 9.17) is 19.9 Å². The molecule has 0 bridgehead atoms. The minimum absolute atomic E-state index is 0.215. The summed E-state index contributed by atoms with van der Waals surface area (Å²) in [6.07, 6.45) is 2.08. The fourth-order valence-corrected chi connectivity index (χ4v) is 2.14. The van der Waals surface area contributed by atoms with Gasteiger partial charge in [0.25, 0.3) is 0 Å². The largest absolute Gasteiger partial charge is 0.493 e. The zero-order chi connectivity index (χ0) is 13.1. The monoisotopic (exact) mass is 255 g/mol. The highest BCUT2D eigenvalue weighted by molar-refractivity contribution is 5.28. The summed E-state index contributed by atoms with van der Waals surface area (Å²) < 4.78 is 18.0. The zero-order valence-corrected chi connectivity index (χ0v) is 11.1. The molecule has 0 aliphatic carbocycles. The molecule has 1 aromatic rings. The summed E-state index contributed by atoms with van der Waals surface area (Å²) in [5.74, 6) is 0.717. The number of rotatable bonds is 5. The number of methoxy groups -OCH3 is 1. The molecule has 1 unspecified atom stereocenters. The topological polar surface area (TPSA) is 71.5 Å². The van der Waals surface area contributed by atoms with Crippen LogP contribution in [0, 0.1) is 0 Å². The average molecular weight is 255 g/mol. The number of hydrogen-bond acceptors (Lipinski definition) is 5. The molecule has 0 saturated carbocycles. The molecule has 1 saturated heterocycles. The maximum absolute atomic E-state index is 6.23. The van der Waals surface area contributed by atoms with Gasteiger partial charge in [-0.2, -0.15) is 5.10 Å². The molecule has 2 rings (SSSR count). The van der Waals surface area contributed by atoms with E-state index in [1.54, 1.807) is 13.3 Å². The van der Waals surface area contributed by atoms with Gasteiger partial charge in [0.1, 0.15) is 0 Å². The first kappa shape index (κ1) is 13.3. The SMILES string of the molecule is COc1cnn(C(C)C)c1C(N)CC1OCCO1. The van der Waals surface area contributed by atoms with Gasteiger partial charge in [-0.05, 0) is 13.8 Å². The van der Waals surface area contributed by atoms with Crippen LogP contribution in [0.25, 0.3) is 0 Å². The Hall–Kier alpha value is -1.11. The molecule has 0 amide bonds. The van der Waals surface area contributed by atoms with Crippen LogP contribution in [0.4, 0.5) is 0 Å². The Morgan fingerprint density at radius 1 is 1.50 bits per heavy atom. The first-order valence-electron chi connectivity index (χ1n) is 6.23. The third kappa shape index (κ3) is 2.66. The minimum Gasteiger partial charge on any atom is -0.493 e. The lowest BCUT2D eigenvalue weighted by atomic mass is 10.1. The highest BCUT2D eigenvalue weighted by Gasteiger charge is 2.26. The van der Waals surface area contributed by atoms with E-state index in [9.17, 15) is 0 Å². The molecular weight excluding hydrogens is 234 g/mol. The van der Waals surface area contributed by atoms with Crippen LogP contribution in [-0.4, -0.2) is 36.4 Å². The number of aromatic nitrogens is 2. The van der Waals surface area contributed by atoms with Gasteiger partial charge < -0.3 is 19.9 Å². The highest BCUT2D eigenvalue weighted by Crippen LogP contribution is 2.29. The summed E-state index contributed by atoms with van der Waals surface area (Å²) in [7, 11) is 1.63. The number of nitrogens with two attached hydrogens (primary N) is 1. The summed E-state index contributed by atoms with van der Waals surface area (Å²) in [6, 6.07) is 0.0216. The zero-order valence-electron chi connectivity index (χ0n) is 11.1. The van der Waals surface area contributed by atoms with Gasteiger partial charge in [0.15, 0.2) is 12.0 Å². The van der Waals surface area contributed by atoms with Crippen LogP contribution >= 0.6 is 0 Å². The predicted octanol–water partition coefficient (Wildman–Crippen LogP) is 1.24. The Labute approximate surface area is 107 Å². The van der Waals surface area contributed by atoms with E-state index in [0.29, 0.717) is 25.4 Å². The van der Waals surface area contributed by atoms with Crippen molar-refractivity contribution in [3.63, 3.8) is 0 Å². The van der Waals surface area contributed by atoms with Gasteiger partial charge >= 0.3 is 0 Å². The van der Waals surface area contributed by atoms with E-state index in [1.165, 1.54) is 0 Å². The molecule has 1 aliphatic heterocycles. The molecule has 1 aliphatic rings. The van der Waals surface area contributed by atoms with Crippen LogP contribution < -0.4 is 10.5 Å². The van der Waals surface area contributed by atoms with Crippen LogP contribution in [0.5, 0.6) is 5.75 Å². The van der Waals surface area contributed by atoms with E-state index in [2.05, 4.69) is 18.9 Å². The van der Waals surface area contributed by atoms with Crippen molar-refractivity contribution in [2.45, 2.75) is 38.6 Å². The second-order valence-corrected chi connectivity index (χ2v) is 4.65. The van der Waals surface area contributed by atoms with Crippen LogP contribution in [0.2, 0.25) is 0 Å². The van der Waals surface area contributed by atoms with Crippen LogP contribution in [0.3, 0.4) is 0 Å². The summed E-state index contributed by atoms with van der Waals surface area (Å²) in [4.78, 5) is 0. The van der Waals surface area contributed by atoms with E-state index >= 15 is 0 Å². The predicted molar refractivity (Wildman–Crippen MR) is 66.4 cm³/mol. The number of nitrogens with zero attached hydrogens (tertiary/aromatic N) is 2. The molecule has 1 atom stereocenters. The van der Waals surface area contributed by atoms with Crippen LogP contribution in [0.1, 0.15) is 38.0 Å². The van der Waals surface area contributed by atoms with Crippen LogP contribution in [-0.2, 0) is 9.47 Å². The maximum atomic E-state index is 6.23.